The summed E-state index contributed by atoms with van der Waals surface area (Å²) in [7, 11) is 0. The Labute approximate surface area is 127 Å². The molecule has 0 spiro atoms. The highest BCUT2D eigenvalue weighted by Crippen LogP contribution is 2.21. The van der Waals surface area contributed by atoms with Gasteiger partial charge < -0.3 is 5.32 Å². The zero-order chi connectivity index (χ0) is 14.7. The summed E-state index contributed by atoms with van der Waals surface area (Å²) in [6.07, 6.45) is 4.34. The molecule has 2 aromatic rings. The molecule has 0 saturated carbocycles. The van der Waals surface area contributed by atoms with Gasteiger partial charge in [-0.05, 0) is 30.5 Å². The third-order valence-corrected chi connectivity index (χ3v) is 4.69. The lowest BCUT2D eigenvalue weighted by Crippen LogP contribution is -2.55. The van der Waals surface area contributed by atoms with Crippen LogP contribution in [0.25, 0.3) is 10.9 Å². The molecule has 2 heterocycles. The van der Waals surface area contributed by atoms with Crippen molar-refractivity contribution in [1.29, 1.82) is 0 Å². The second-order valence-corrected chi connectivity index (χ2v) is 5.99. The molecule has 2 unspecified atom stereocenters. The minimum Gasteiger partial charge on any atom is -0.311 e. The van der Waals surface area contributed by atoms with E-state index in [1.807, 2.05) is 6.20 Å². The third kappa shape index (κ3) is 3.09. The number of pyridine rings is 1. The normalized spacial score (nSPS) is 23.5. The van der Waals surface area contributed by atoms with Crippen molar-refractivity contribution in [3.05, 3.63) is 42.1 Å². The Hall–Kier alpha value is -1.45. The molecule has 21 heavy (non-hydrogen) atoms. The highest BCUT2D eigenvalue weighted by Gasteiger charge is 2.26. The third-order valence-electron chi connectivity index (χ3n) is 4.69. The SMILES string of the molecule is CCC1CN(Cc2ccnc3ccccc23)C(CC)CN1. The van der Waals surface area contributed by atoms with Gasteiger partial charge in [0.1, 0.15) is 0 Å². The highest BCUT2D eigenvalue weighted by atomic mass is 15.2. The number of hydrogen-bond acceptors (Lipinski definition) is 3. The van der Waals surface area contributed by atoms with Crippen molar-refractivity contribution in [2.45, 2.75) is 45.3 Å². The first-order valence-corrected chi connectivity index (χ1v) is 8.11. The molecule has 2 atom stereocenters. The average Bonchev–Trinajstić information content (AvgIpc) is 2.55. The van der Waals surface area contributed by atoms with Crippen LogP contribution in [-0.2, 0) is 6.54 Å². The summed E-state index contributed by atoms with van der Waals surface area (Å²) in [4.78, 5) is 7.12. The Bertz CT molecular complexity index is 591. The molecule has 0 amide bonds. The van der Waals surface area contributed by atoms with E-state index in [2.05, 4.69) is 59.4 Å². The fourth-order valence-electron chi connectivity index (χ4n) is 3.31. The highest BCUT2D eigenvalue weighted by molar-refractivity contribution is 5.81. The van der Waals surface area contributed by atoms with Crippen molar-refractivity contribution in [2.75, 3.05) is 13.1 Å². The van der Waals surface area contributed by atoms with Gasteiger partial charge in [0.15, 0.2) is 0 Å². The van der Waals surface area contributed by atoms with Gasteiger partial charge >= 0.3 is 0 Å². The number of nitrogens with one attached hydrogen (secondary N) is 1. The maximum absolute atomic E-state index is 4.47. The van der Waals surface area contributed by atoms with Crippen LogP contribution in [0.4, 0.5) is 0 Å². The number of benzene rings is 1. The van der Waals surface area contributed by atoms with E-state index in [1.54, 1.807) is 0 Å². The fraction of sp³-hybridized carbons (Fsp3) is 0.500. The topological polar surface area (TPSA) is 28.2 Å². The second-order valence-electron chi connectivity index (χ2n) is 5.99. The molecule has 1 N–H and O–H groups in total. The van der Waals surface area contributed by atoms with Gasteiger partial charge in [0.25, 0.3) is 0 Å². The average molecular weight is 283 g/mol. The lowest BCUT2D eigenvalue weighted by molar-refractivity contribution is 0.118. The van der Waals surface area contributed by atoms with Gasteiger partial charge in [-0.15, -0.1) is 0 Å². The molecule has 1 aromatic heterocycles. The largest absolute Gasteiger partial charge is 0.311 e. The number of fused-ring (bicyclic) bond motifs is 1. The van der Waals surface area contributed by atoms with E-state index in [-0.39, 0.29) is 0 Å². The first-order valence-electron chi connectivity index (χ1n) is 8.11. The Balaban J connectivity index is 1.85. The second kappa shape index (κ2) is 6.54. The van der Waals surface area contributed by atoms with Gasteiger partial charge in [-0.2, -0.15) is 0 Å². The zero-order valence-corrected chi connectivity index (χ0v) is 13.0. The smallest absolute Gasteiger partial charge is 0.0705 e. The molecule has 1 aromatic carbocycles. The monoisotopic (exact) mass is 283 g/mol. The first kappa shape index (κ1) is 14.5. The molecule has 1 aliphatic heterocycles. The van der Waals surface area contributed by atoms with E-state index in [1.165, 1.54) is 23.8 Å². The van der Waals surface area contributed by atoms with Crippen molar-refractivity contribution in [2.24, 2.45) is 0 Å². The van der Waals surface area contributed by atoms with Gasteiger partial charge in [-0.1, -0.05) is 32.0 Å². The Morgan fingerprint density at radius 3 is 2.86 bits per heavy atom. The summed E-state index contributed by atoms with van der Waals surface area (Å²) in [5, 5.41) is 4.96. The zero-order valence-electron chi connectivity index (χ0n) is 13.0. The Kier molecular flexibility index (Phi) is 4.51. The van der Waals surface area contributed by atoms with Crippen LogP contribution in [-0.4, -0.2) is 35.1 Å². The summed E-state index contributed by atoms with van der Waals surface area (Å²) < 4.78 is 0. The number of nitrogens with zero attached hydrogens (tertiary/aromatic N) is 2. The van der Waals surface area contributed by atoms with Crippen LogP contribution in [0.5, 0.6) is 0 Å². The molecule has 1 fully saturated rings. The van der Waals surface area contributed by atoms with Gasteiger partial charge in [-0.3, -0.25) is 9.88 Å². The van der Waals surface area contributed by atoms with Crippen LogP contribution in [0.2, 0.25) is 0 Å². The molecular formula is C18H25N3. The van der Waals surface area contributed by atoms with Crippen molar-refractivity contribution in [3.8, 4) is 0 Å². The summed E-state index contributed by atoms with van der Waals surface area (Å²) in [5.41, 5.74) is 2.50. The predicted octanol–water partition coefficient (Wildman–Crippen LogP) is 3.20. The van der Waals surface area contributed by atoms with Crippen LogP contribution in [0.15, 0.2) is 36.5 Å². The molecular weight excluding hydrogens is 258 g/mol. The molecule has 0 aliphatic carbocycles. The Morgan fingerprint density at radius 2 is 2.05 bits per heavy atom. The van der Waals surface area contributed by atoms with Crippen LogP contribution < -0.4 is 5.32 Å². The molecule has 1 aliphatic rings. The van der Waals surface area contributed by atoms with Gasteiger partial charge in [0.2, 0.25) is 0 Å². The maximum Gasteiger partial charge on any atom is 0.0705 e. The summed E-state index contributed by atoms with van der Waals surface area (Å²) in [6, 6.07) is 11.9. The summed E-state index contributed by atoms with van der Waals surface area (Å²) >= 11 is 0. The van der Waals surface area contributed by atoms with E-state index in [0.29, 0.717) is 12.1 Å². The standard InChI is InChI=1S/C18H25N3/c1-3-15-13-21(16(4-2)11-20-15)12-14-9-10-19-18-8-6-5-7-17(14)18/h5-10,15-16,20H,3-4,11-13H2,1-2H3. The fourth-order valence-corrected chi connectivity index (χ4v) is 3.31. The predicted molar refractivity (Wildman–Crippen MR) is 88.3 cm³/mol. The molecule has 0 bridgehead atoms. The molecule has 3 rings (SSSR count). The van der Waals surface area contributed by atoms with Crippen LogP contribution in [0, 0.1) is 0 Å². The van der Waals surface area contributed by atoms with Crippen molar-refractivity contribution >= 4 is 10.9 Å². The summed E-state index contributed by atoms with van der Waals surface area (Å²) in [5.74, 6) is 0. The first-order chi connectivity index (χ1) is 10.3. The minimum atomic E-state index is 0.626. The van der Waals surface area contributed by atoms with Crippen LogP contribution in [0.1, 0.15) is 32.3 Å². The van der Waals surface area contributed by atoms with Gasteiger partial charge in [0.05, 0.1) is 5.52 Å². The van der Waals surface area contributed by atoms with Crippen molar-refractivity contribution < 1.29 is 0 Å². The number of rotatable bonds is 4. The maximum atomic E-state index is 4.47. The minimum absolute atomic E-state index is 0.626. The van der Waals surface area contributed by atoms with Crippen molar-refractivity contribution in [1.82, 2.24) is 15.2 Å². The molecule has 3 nitrogen and oxygen atoms in total. The molecule has 3 heteroatoms. The molecule has 112 valence electrons. The lowest BCUT2D eigenvalue weighted by Gasteiger charge is -2.40. The lowest BCUT2D eigenvalue weighted by atomic mass is 10.0. The quantitative estimate of drug-likeness (QED) is 0.934. The van der Waals surface area contributed by atoms with Gasteiger partial charge in [0, 0.05) is 43.3 Å². The van der Waals surface area contributed by atoms with Crippen LogP contribution >= 0.6 is 0 Å². The Morgan fingerprint density at radius 1 is 1.19 bits per heavy atom. The number of piperazine rings is 1. The van der Waals surface area contributed by atoms with E-state index in [4.69, 9.17) is 0 Å². The van der Waals surface area contributed by atoms with Crippen LogP contribution in [0.3, 0.4) is 0 Å². The number of para-hydroxylation sites is 1. The molecule has 0 radical (unpaired) electrons. The number of aromatic nitrogens is 1. The van der Waals surface area contributed by atoms with E-state index in [0.717, 1.165) is 25.2 Å². The number of hydrogen-bond donors (Lipinski definition) is 1. The van der Waals surface area contributed by atoms with E-state index < -0.39 is 0 Å². The van der Waals surface area contributed by atoms with E-state index in [9.17, 15) is 0 Å². The van der Waals surface area contributed by atoms with E-state index >= 15 is 0 Å². The molecule has 1 saturated heterocycles. The van der Waals surface area contributed by atoms with Gasteiger partial charge in [-0.25, -0.2) is 0 Å². The summed E-state index contributed by atoms with van der Waals surface area (Å²) in [6.45, 7) is 7.84. The van der Waals surface area contributed by atoms with Crippen molar-refractivity contribution in [3.63, 3.8) is 0 Å².